The third kappa shape index (κ3) is 5.23. The molecule has 1 aliphatic heterocycles. The number of nitrogens with zero attached hydrogens (tertiary/aromatic N) is 1. The molecule has 0 amide bonds. The van der Waals surface area contributed by atoms with Crippen LogP contribution in [0.4, 0.5) is 0 Å². The van der Waals surface area contributed by atoms with Crippen LogP contribution in [-0.2, 0) is 4.74 Å². The van der Waals surface area contributed by atoms with Crippen LogP contribution in [0.15, 0.2) is 35.5 Å². The maximum Gasteiger partial charge on any atom is 0.0809 e. The lowest BCUT2D eigenvalue weighted by Crippen LogP contribution is -2.50. The lowest BCUT2D eigenvalue weighted by molar-refractivity contribution is -0.106. The zero-order valence-electron chi connectivity index (χ0n) is 22.3. The molecule has 2 N–H and O–H groups in total. The van der Waals surface area contributed by atoms with Gasteiger partial charge in [0.05, 0.1) is 24.4 Å². The number of hydrogen-bond acceptors (Lipinski definition) is 4. The molecule has 1 heterocycles. The summed E-state index contributed by atoms with van der Waals surface area (Å²) in [5.74, 6) is 2.27. The molecule has 4 aliphatic carbocycles. The van der Waals surface area contributed by atoms with Gasteiger partial charge in [-0.3, -0.25) is 4.90 Å². The number of morpholine rings is 1. The molecule has 0 bridgehead atoms. The van der Waals surface area contributed by atoms with Crippen LogP contribution >= 0.6 is 0 Å². The predicted molar refractivity (Wildman–Crippen MR) is 142 cm³/mol. The SMILES string of the molecule is C=C1[C@H](O)C/C(=C/C=C2CCC[C@]3(C)[C@@H](C(C)CCN4CCOC5(CCCC5)C4)CC[C@@H]23)C[C@@H]1O. The van der Waals surface area contributed by atoms with Crippen LogP contribution in [0, 0.1) is 23.2 Å². The van der Waals surface area contributed by atoms with Crippen LogP contribution < -0.4 is 0 Å². The lowest BCUT2D eigenvalue weighted by atomic mass is 9.61. The molecule has 0 radical (unpaired) electrons. The van der Waals surface area contributed by atoms with Gasteiger partial charge in [-0.05, 0) is 99.5 Å². The fourth-order valence-corrected chi connectivity index (χ4v) is 8.66. The van der Waals surface area contributed by atoms with Gasteiger partial charge in [0.25, 0.3) is 0 Å². The van der Waals surface area contributed by atoms with Crippen LogP contribution in [-0.4, -0.2) is 59.2 Å². The van der Waals surface area contributed by atoms with E-state index in [1.165, 1.54) is 70.8 Å². The van der Waals surface area contributed by atoms with Crippen molar-refractivity contribution in [3.05, 3.63) is 35.5 Å². The highest BCUT2D eigenvalue weighted by atomic mass is 16.5. The third-order valence-corrected chi connectivity index (χ3v) is 10.8. The molecule has 196 valence electrons. The van der Waals surface area contributed by atoms with E-state index in [0.717, 1.165) is 37.1 Å². The lowest BCUT2D eigenvalue weighted by Gasteiger charge is -2.45. The molecule has 35 heavy (non-hydrogen) atoms. The largest absolute Gasteiger partial charge is 0.388 e. The second kappa shape index (κ2) is 10.4. The molecule has 5 fully saturated rings. The summed E-state index contributed by atoms with van der Waals surface area (Å²) < 4.78 is 6.26. The van der Waals surface area contributed by atoms with E-state index in [2.05, 4.69) is 37.5 Å². The van der Waals surface area contributed by atoms with Crippen molar-refractivity contribution >= 4 is 0 Å². The van der Waals surface area contributed by atoms with Crippen molar-refractivity contribution in [3.63, 3.8) is 0 Å². The highest BCUT2D eigenvalue weighted by molar-refractivity contribution is 5.29. The Balaban J connectivity index is 1.20. The summed E-state index contributed by atoms with van der Waals surface area (Å²) in [7, 11) is 0. The average molecular weight is 484 g/mol. The Morgan fingerprint density at radius 3 is 2.57 bits per heavy atom. The molecule has 5 rings (SSSR count). The normalized spacial score (nSPS) is 41.1. The molecular weight excluding hydrogens is 434 g/mol. The molecule has 0 aromatic heterocycles. The molecule has 1 unspecified atom stereocenters. The number of ether oxygens (including phenoxy) is 1. The summed E-state index contributed by atoms with van der Waals surface area (Å²) in [6.07, 6.45) is 17.7. The fraction of sp³-hybridized carbons (Fsp3) is 0.806. The Hall–Kier alpha value is -0.940. The molecule has 0 aromatic carbocycles. The van der Waals surface area contributed by atoms with Crippen molar-refractivity contribution in [3.8, 4) is 0 Å². The van der Waals surface area contributed by atoms with Crippen molar-refractivity contribution in [2.45, 2.75) is 109 Å². The van der Waals surface area contributed by atoms with Gasteiger partial charge in [0.2, 0.25) is 0 Å². The van der Waals surface area contributed by atoms with Crippen molar-refractivity contribution in [1.82, 2.24) is 4.90 Å². The van der Waals surface area contributed by atoms with Crippen LogP contribution in [0.2, 0.25) is 0 Å². The number of hydrogen-bond donors (Lipinski definition) is 2. The second-order valence-corrected chi connectivity index (χ2v) is 13.0. The van der Waals surface area contributed by atoms with E-state index >= 15 is 0 Å². The molecule has 0 aromatic rings. The van der Waals surface area contributed by atoms with E-state index < -0.39 is 12.2 Å². The maximum atomic E-state index is 10.2. The molecule has 6 atom stereocenters. The minimum Gasteiger partial charge on any atom is -0.388 e. The van der Waals surface area contributed by atoms with Crippen LogP contribution in [0.3, 0.4) is 0 Å². The highest BCUT2D eigenvalue weighted by Crippen LogP contribution is 2.59. The van der Waals surface area contributed by atoms with E-state index in [9.17, 15) is 10.2 Å². The average Bonchev–Trinajstić information content (AvgIpc) is 3.43. The number of fused-ring (bicyclic) bond motifs is 1. The molecule has 4 saturated carbocycles. The van der Waals surface area contributed by atoms with Crippen molar-refractivity contribution in [2.75, 3.05) is 26.2 Å². The number of aliphatic hydroxyl groups excluding tert-OH is 2. The Morgan fingerprint density at radius 2 is 1.83 bits per heavy atom. The number of rotatable bonds is 5. The summed E-state index contributed by atoms with van der Waals surface area (Å²) in [6.45, 7) is 13.4. The van der Waals surface area contributed by atoms with Gasteiger partial charge < -0.3 is 14.9 Å². The topological polar surface area (TPSA) is 52.9 Å². The quantitative estimate of drug-likeness (QED) is 0.485. The molecule has 1 spiro atoms. The van der Waals surface area contributed by atoms with Crippen molar-refractivity contribution < 1.29 is 14.9 Å². The highest BCUT2D eigenvalue weighted by Gasteiger charge is 2.50. The van der Waals surface area contributed by atoms with E-state index in [1.54, 1.807) is 5.57 Å². The first-order chi connectivity index (χ1) is 16.8. The molecule has 5 aliphatic rings. The van der Waals surface area contributed by atoms with Crippen LogP contribution in [0.5, 0.6) is 0 Å². The summed E-state index contributed by atoms with van der Waals surface area (Å²) in [4.78, 5) is 2.71. The summed E-state index contributed by atoms with van der Waals surface area (Å²) in [5.41, 5.74) is 3.94. The molecule has 4 heteroatoms. The van der Waals surface area contributed by atoms with Gasteiger partial charge in [-0.1, -0.05) is 56.6 Å². The smallest absolute Gasteiger partial charge is 0.0809 e. The first-order valence-corrected chi connectivity index (χ1v) is 14.6. The Morgan fingerprint density at radius 1 is 1.09 bits per heavy atom. The van der Waals surface area contributed by atoms with Gasteiger partial charge in [-0.15, -0.1) is 0 Å². The monoisotopic (exact) mass is 483 g/mol. The van der Waals surface area contributed by atoms with Gasteiger partial charge in [0.1, 0.15) is 0 Å². The Kier molecular flexibility index (Phi) is 7.66. The van der Waals surface area contributed by atoms with E-state index in [0.29, 0.717) is 29.7 Å². The second-order valence-electron chi connectivity index (χ2n) is 13.0. The van der Waals surface area contributed by atoms with Gasteiger partial charge in [-0.25, -0.2) is 0 Å². The molecule has 1 saturated heterocycles. The van der Waals surface area contributed by atoms with E-state index in [4.69, 9.17) is 4.74 Å². The number of aliphatic hydroxyl groups is 2. The van der Waals surface area contributed by atoms with Gasteiger partial charge in [-0.2, -0.15) is 0 Å². The van der Waals surface area contributed by atoms with E-state index in [-0.39, 0.29) is 5.60 Å². The summed E-state index contributed by atoms with van der Waals surface area (Å²) in [6, 6.07) is 0. The Bertz CT molecular complexity index is 824. The first-order valence-electron chi connectivity index (χ1n) is 14.6. The zero-order valence-corrected chi connectivity index (χ0v) is 22.3. The third-order valence-electron chi connectivity index (χ3n) is 10.8. The maximum absolute atomic E-state index is 10.2. The van der Waals surface area contributed by atoms with Gasteiger partial charge in [0, 0.05) is 13.1 Å². The summed E-state index contributed by atoms with van der Waals surface area (Å²) >= 11 is 0. The van der Waals surface area contributed by atoms with Crippen LogP contribution in [0.25, 0.3) is 0 Å². The molecular formula is C31H49NO3. The standard InChI is InChI=1S/C31H49NO3/c1-22(12-16-32-17-18-35-31(21-32)14-4-5-15-31)26-10-11-27-25(7-6-13-30(26,27)3)9-8-24-19-28(33)23(2)29(34)20-24/h8-9,22,26-29,33-34H,2,4-7,10-21H2,1,3H3/b24-8-,25-9?/t22?,26-,27+,28-,29+,30-/m1/s1. The zero-order chi connectivity index (χ0) is 24.6. The predicted octanol–water partition coefficient (Wildman–Crippen LogP) is 5.80. The molecule has 4 nitrogen and oxygen atoms in total. The van der Waals surface area contributed by atoms with Crippen molar-refractivity contribution in [1.29, 1.82) is 0 Å². The minimum absolute atomic E-state index is 0.182. The fourth-order valence-electron chi connectivity index (χ4n) is 8.66. The number of allylic oxidation sites excluding steroid dienone is 3. The summed E-state index contributed by atoms with van der Waals surface area (Å²) in [5, 5.41) is 20.4. The first kappa shape index (κ1) is 25.7. The Labute approximate surface area is 213 Å². The van der Waals surface area contributed by atoms with Crippen LogP contribution in [0.1, 0.15) is 90.9 Å². The van der Waals surface area contributed by atoms with Crippen molar-refractivity contribution in [2.24, 2.45) is 23.2 Å². The van der Waals surface area contributed by atoms with Gasteiger partial charge in [0.15, 0.2) is 0 Å². The van der Waals surface area contributed by atoms with Gasteiger partial charge >= 0.3 is 0 Å². The minimum atomic E-state index is -0.605. The van der Waals surface area contributed by atoms with E-state index in [1.807, 2.05) is 0 Å².